The highest BCUT2D eigenvalue weighted by molar-refractivity contribution is 5.70. The molecule has 0 bridgehead atoms. The molecule has 1 N–H and O–H groups in total. The number of carbonyl (C=O) groups is 1. The standard InChI is InChI=1S/C6H9NO3/c8-5-7-6(4-9-5)2-1-3-10-6/h1-4H2,(H,7,8). The fourth-order valence-electron chi connectivity index (χ4n) is 1.35. The molecule has 0 aliphatic carbocycles. The zero-order valence-electron chi connectivity index (χ0n) is 5.55. The van der Waals surface area contributed by atoms with Crippen molar-refractivity contribution >= 4 is 6.09 Å². The fourth-order valence-corrected chi connectivity index (χ4v) is 1.35. The second-order valence-corrected chi connectivity index (χ2v) is 2.65. The average molecular weight is 143 g/mol. The maximum atomic E-state index is 10.6. The molecule has 0 aromatic carbocycles. The zero-order valence-corrected chi connectivity index (χ0v) is 5.55. The van der Waals surface area contributed by atoms with Crippen molar-refractivity contribution in [2.75, 3.05) is 13.2 Å². The molecule has 2 aliphatic rings. The molecule has 0 aromatic rings. The van der Waals surface area contributed by atoms with E-state index in [2.05, 4.69) is 5.32 Å². The number of cyclic esters (lactones) is 1. The summed E-state index contributed by atoms with van der Waals surface area (Å²) >= 11 is 0. The van der Waals surface area contributed by atoms with Crippen molar-refractivity contribution in [3.63, 3.8) is 0 Å². The summed E-state index contributed by atoms with van der Waals surface area (Å²) in [4.78, 5) is 10.6. The van der Waals surface area contributed by atoms with Gasteiger partial charge in [-0.2, -0.15) is 0 Å². The van der Waals surface area contributed by atoms with Gasteiger partial charge in [-0.05, 0) is 6.42 Å². The molecule has 2 saturated heterocycles. The molecule has 0 saturated carbocycles. The summed E-state index contributed by atoms with van der Waals surface area (Å²) < 4.78 is 10.0. The van der Waals surface area contributed by atoms with Crippen LogP contribution in [0, 0.1) is 0 Å². The van der Waals surface area contributed by atoms with Gasteiger partial charge in [0, 0.05) is 13.0 Å². The summed E-state index contributed by atoms with van der Waals surface area (Å²) in [5, 5.41) is 2.65. The van der Waals surface area contributed by atoms with Crippen molar-refractivity contribution in [1.29, 1.82) is 0 Å². The first kappa shape index (κ1) is 5.97. The Bertz CT molecular complexity index is 162. The largest absolute Gasteiger partial charge is 0.444 e. The predicted octanol–water partition coefficient (Wildman–Crippen LogP) is 0.233. The Balaban J connectivity index is 2.09. The van der Waals surface area contributed by atoms with E-state index >= 15 is 0 Å². The third-order valence-corrected chi connectivity index (χ3v) is 1.87. The number of nitrogens with one attached hydrogen (secondary N) is 1. The number of ether oxygens (including phenoxy) is 2. The molecule has 0 radical (unpaired) electrons. The van der Waals surface area contributed by atoms with Gasteiger partial charge in [0.15, 0.2) is 5.72 Å². The lowest BCUT2D eigenvalue weighted by molar-refractivity contribution is -0.0154. The second kappa shape index (κ2) is 1.85. The Morgan fingerprint density at radius 1 is 1.60 bits per heavy atom. The van der Waals surface area contributed by atoms with Crippen LogP contribution in [0.15, 0.2) is 0 Å². The van der Waals surface area contributed by atoms with Gasteiger partial charge in [-0.25, -0.2) is 4.79 Å². The Morgan fingerprint density at radius 3 is 3.00 bits per heavy atom. The second-order valence-electron chi connectivity index (χ2n) is 2.65. The van der Waals surface area contributed by atoms with Gasteiger partial charge >= 0.3 is 6.09 Å². The van der Waals surface area contributed by atoms with Crippen molar-refractivity contribution < 1.29 is 14.3 Å². The van der Waals surface area contributed by atoms with Gasteiger partial charge in [0.2, 0.25) is 0 Å². The summed E-state index contributed by atoms with van der Waals surface area (Å²) in [5.41, 5.74) is -0.461. The lowest BCUT2D eigenvalue weighted by Gasteiger charge is -2.17. The molecule has 56 valence electrons. The van der Waals surface area contributed by atoms with Crippen LogP contribution in [-0.2, 0) is 9.47 Å². The van der Waals surface area contributed by atoms with Crippen molar-refractivity contribution in [3.8, 4) is 0 Å². The molecule has 1 unspecified atom stereocenters. The van der Waals surface area contributed by atoms with E-state index in [0.717, 1.165) is 19.4 Å². The monoisotopic (exact) mass is 143 g/mol. The number of alkyl carbamates (subject to hydrolysis) is 1. The molecule has 1 atom stereocenters. The van der Waals surface area contributed by atoms with Crippen LogP contribution in [0.3, 0.4) is 0 Å². The minimum absolute atomic E-state index is 0.359. The Labute approximate surface area is 58.5 Å². The van der Waals surface area contributed by atoms with E-state index in [0.29, 0.717) is 6.61 Å². The highest BCUT2D eigenvalue weighted by Crippen LogP contribution is 2.26. The molecular formula is C6H9NO3. The van der Waals surface area contributed by atoms with E-state index in [1.54, 1.807) is 0 Å². The van der Waals surface area contributed by atoms with Gasteiger partial charge in [0.25, 0.3) is 0 Å². The first-order chi connectivity index (χ1) is 4.81. The topological polar surface area (TPSA) is 47.6 Å². The van der Waals surface area contributed by atoms with E-state index < -0.39 is 5.72 Å². The number of hydrogen-bond acceptors (Lipinski definition) is 3. The smallest absolute Gasteiger partial charge is 0.409 e. The summed E-state index contributed by atoms with van der Waals surface area (Å²) in [7, 11) is 0. The maximum Gasteiger partial charge on any atom is 0.409 e. The Morgan fingerprint density at radius 2 is 2.50 bits per heavy atom. The minimum atomic E-state index is -0.461. The van der Waals surface area contributed by atoms with Crippen LogP contribution < -0.4 is 5.32 Å². The molecule has 2 aliphatic heterocycles. The third-order valence-electron chi connectivity index (χ3n) is 1.87. The van der Waals surface area contributed by atoms with Crippen LogP contribution in [0.1, 0.15) is 12.8 Å². The van der Waals surface area contributed by atoms with Crippen LogP contribution in [0.4, 0.5) is 4.79 Å². The SMILES string of the molecule is O=C1NC2(CCCO2)CO1. The molecule has 10 heavy (non-hydrogen) atoms. The predicted molar refractivity (Wildman–Crippen MR) is 32.4 cm³/mol. The van der Waals surface area contributed by atoms with Crippen molar-refractivity contribution in [2.45, 2.75) is 18.6 Å². The Kier molecular flexibility index (Phi) is 1.11. The molecule has 4 nitrogen and oxygen atoms in total. The molecule has 2 rings (SSSR count). The van der Waals surface area contributed by atoms with Gasteiger partial charge < -0.3 is 9.47 Å². The highest BCUT2D eigenvalue weighted by atomic mass is 16.6. The Hall–Kier alpha value is -0.770. The number of amides is 1. The molecule has 0 aromatic heterocycles. The first-order valence-corrected chi connectivity index (χ1v) is 3.40. The average Bonchev–Trinajstić information content (AvgIpc) is 2.46. The van der Waals surface area contributed by atoms with Gasteiger partial charge in [0.1, 0.15) is 6.61 Å². The molecule has 4 heteroatoms. The molecule has 1 amide bonds. The van der Waals surface area contributed by atoms with Gasteiger partial charge in [0.05, 0.1) is 0 Å². The number of carbonyl (C=O) groups excluding carboxylic acids is 1. The molecule has 1 spiro atoms. The van der Waals surface area contributed by atoms with E-state index in [9.17, 15) is 4.79 Å². The van der Waals surface area contributed by atoms with E-state index in [-0.39, 0.29) is 6.09 Å². The van der Waals surface area contributed by atoms with E-state index in [4.69, 9.17) is 9.47 Å². The third kappa shape index (κ3) is 0.759. The number of rotatable bonds is 0. The van der Waals surface area contributed by atoms with E-state index in [1.807, 2.05) is 0 Å². The van der Waals surface area contributed by atoms with Crippen molar-refractivity contribution in [3.05, 3.63) is 0 Å². The maximum absolute atomic E-state index is 10.6. The minimum Gasteiger partial charge on any atom is -0.444 e. The van der Waals surface area contributed by atoms with Crippen LogP contribution in [0.5, 0.6) is 0 Å². The van der Waals surface area contributed by atoms with Crippen LogP contribution >= 0.6 is 0 Å². The van der Waals surface area contributed by atoms with Crippen LogP contribution in [-0.4, -0.2) is 25.0 Å². The van der Waals surface area contributed by atoms with E-state index in [1.165, 1.54) is 0 Å². The molecule has 2 heterocycles. The van der Waals surface area contributed by atoms with Gasteiger partial charge in [-0.3, -0.25) is 5.32 Å². The summed E-state index contributed by atoms with van der Waals surface area (Å²) in [6.07, 6.45) is 1.52. The first-order valence-electron chi connectivity index (χ1n) is 3.40. The quantitative estimate of drug-likeness (QED) is 0.528. The highest BCUT2D eigenvalue weighted by Gasteiger charge is 2.43. The zero-order chi connectivity index (χ0) is 7.03. The van der Waals surface area contributed by atoms with Crippen molar-refractivity contribution in [2.24, 2.45) is 0 Å². The fraction of sp³-hybridized carbons (Fsp3) is 0.833. The summed E-state index contributed by atoms with van der Waals surface area (Å²) in [6, 6.07) is 0. The number of hydrogen-bond donors (Lipinski definition) is 1. The van der Waals surface area contributed by atoms with Gasteiger partial charge in [-0.15, -0.1) is 0 Å². The van der Waals surface area contributed by atoms with Crippen LogP contribution in [0.25, 0.3) is 0 Å². The normalized spacial score (nSPS) is 38.2. The summed E-state index contributed by atoms with van der Waals surface area (Å²) in [5.74, 6) is 0. The van der Waals surface area contributed by atoms with Crippen molar-refractivity contribution in [1.82, 2.24) is 5.32 Å². The lowest BCUT2D eigenvalue weighted by Crippen LogP contribution is -2.42. The molecular weight excluding hydrogens is 134 g/mol. The molecule has 2 fully saturated rings. The lowest BCUT2D eigenvalue weighted by atomic mass is 10.2. The van der Waals surface area contributed by atoms with Gasteiger partial charge in [-0.1, -0.05) is 0 Å². The summed E-state index contributed by atoms with van der Waals surface area (Å²) in [6.45, 7) is 1.09. The van der Waals surface area contributed by atoms with Crippen LogP contribution in [0.2, 0.25) is 0 Å².